The van der Waals surface area contributed by atoms with E-state index in [4.69, 9.17) is 9.47 Å². The van der Waals surface area contributed by atoms with Crippen LogP contribution in [0.4, 0.5) is 0 Å². The number of ether oxygens (including phenoxy) is 2. The first kappa shape index (κ1) is 18.0. The normalized spacial score (nSPS) is 11.7. The van der Waals surface area contributed by atoms with E-state index in [1.165, 1.54) is 14.2 Å². The Kier molecular flexibility index (Phi) is 6.89. The average molecular weight is 307 g/mol. The number of carbonyl (C=O) groups excluding carboxylic acids is 2. The van der Waals surface area contributed by atoms with Crippen LogP contribution in [-0.2, 0) is 16.0 Å². The number of benzene rings is 1. The fourth-order valence-corrected chi connectivity index (χ4v) is 2.43. The Labute approximate surface area is 132 Å². The maximum absolute atomic E-state index is 12.3. The highest BCUT2D eigenvalue weighted by Crippen LogP contribution is 2.23. The molecule has 1 rings (SSSR count). The lowest BCUT2D eigenvalue weighted by atomic mass is 9.98. The Hall–Kier alpha value is -2.04. The molecule has 1 unspecified atom stereocenters. The summed E-state index contributed by atoms with van der Waals surface area (Å²) in [6.45, 7) is 7.29. The van der Waals surface area contributed by atoms with E-state index in [0.29, 0.717) is 30.8 Å². The Bertz CT molecular complexity index is 523. The summed E-state index contributed by atoms with van der Waals surface area (Å²) in [4.78, 5) is 25.8. The van der Waals surface area contributed by atoms with Crippen molar-refractivity contribution in [2.24, 2.45) is 5.92 Å². The summed E-state index contributed by atoms with van der Waals surface area (Å²) >= 11 is 0. The van der Waals surface area contributed by atoms with Crippen molar-refractivity contribution in [3.8, 4) is 5.75 Å². The molecule has 5 heteroatoms. The zero-order valence-corrected chi connectivity index (χ0v) is 14.0. The summed E-state index contributed by atoms with van der Waals surface area (Å²) in [5.74, 6) is 0.0529. The van der Waals surface area contributed by atoms with Gasteiger partial charge >= 0.3 is 5.97 Å². The Morgan fingerprint density at radius 3 is 2.32 bits per heavy atom. The zero-order valence-electron chi connectivity index (χ0n) is 14.0. The van der Waals surface area contributed by atoms with Crippen molar-refractivity contribution in [2.75, 3.05) is 27.3 Å². The molecular formula is C17H25NO4. The minimum Gasteiger partial charge on any atom is -0.496 e. The quantitative estimate of drug-likeness (QED) is 0.726. The third kappa shape index (κ3) is 4.23. The molecule has 0 N–H and O–H groups in total. The van der Waals surface area contributed by atoms with Crippen LogP contribution in [0.3, 0.4) is 0 Å². The molecule has 0 radical (unpaired) electrons. The van der Waals surface area contributed by atoms with E-state index < -0.39 is 5.97 Å². The van der Waals surface area contributed by atoms with Gasteiger partial charge in [0, 0.05) is 19.0 Å². The highest BCUT2D eigenvalue weighted by atomic mass is 16.5. The van der Waals surface area contributed by atoms with Gasteiger partial charge in [0.05, 0.1) is 14.2 Å². The Morgan fingerprint density at radius 1 is 1.18 bits per heavy atom. The van der Waals surface area contributed by atoms with Crippen molar-refractivity contribution in [1.29, 1.82) is 0 Å². The third-order valence-electron chi connectivity index (χ3n) is 3.71. The van der Waals surface area contributed by atoms with Crippen LogP contribution < -0.4 is 4.74 Å². The zero-order chi connectivity index (χ0) is 16.7. The van der Waals surface area contributed by atoms with Gasteiger partial charge in [0.1, 0.15) is 11.3 Å². The lowest BCUT2D eigenvalue weighted by Gasteiger charge is -2.23. The first-order valence-electron chi connectivity index (χ1n) is 7.52. The van der Waals surface area contributed by atoms with Gasteiger partial charge in [0.2, 0.25) is 5.91 Å². The molecule has 0 aliphatic heterocycles. The number of hydrogen-bond acceptors (Lipinski definition) is 4. The van der Waals surface area contributed by atoms with E-state index in [0.717, 1.165) is 5.56 Å². The first-order chi connectivity index (χ1) is 10.5. The topological polar surface area (TPSA) is 55.8 Å². The lowest BCUT2D eigenvalue weighted by molar-refractivity contribution is -0.134. The van der Waals surface area contributed by atoms with Crippen molar-refractivity contribution < 1.29 is 19.1 Å². The van der Waals surface area contributed by atoms with E-state index in [2.05, 4.69) is 0 Å². The number of esters is 1. The van der Waals surface area contributed by atoms with Gasteiger partial charge in [-0.25, -0.2) is 4.79 Å². The molecule has 0 spiro atoms. The summed E-state index contributed by atoms with van der Waals surface area (Å²) in [6.07, 6.45) is 0.604. The molecule has 0 saturated heterocycles. The summed E-state index contributed by atoms with van der Waals surface area (Å²) in [7, 11) is 2.84. The van der Waals surface area contributed by atoms with Crippen LogP contribution in [0.2, 0.25) is 0 Å². The minimum absolute atomic E-state index is 0.117. The average Bonchev–Trinajstić information content (AvgIpc) is 2.54. The summed E-state index contributed by atoms with van der Waals surface area (Å²) < 4.78 is 9.96. The molecule has 5 nitrogen and oxygen atoms in total. The second-order valence-electron chi connectivity index (χ2n) is 5.14. The lowest BCUT2D eigenvalue weighted by Crippen LogP contribution is -2.35. The Morgan fingerprint density at radius 2 is 1.82 bits per heavy atom. The second kappa shape index (κ2) is 8.41. The number of methoxy groups -OCH3 is 2. The molecule has 0 fully saturated rings. The number of nitrogens with zero attached hydrogens (tertiary/aromatic N) is 1. The van der Waals surface area contributed by atoms with Crippen molar-refractivity contribution in [1.82, 2.24) is 4.90 Å². The van der Waals surface area contributed by atoms with Gasteiger partial charge < -0.3 is 14.4 Å². The number of amides is 1. The predicted octanol–water partition coefficient (Wildman–Crippen LogP) is 2.53. The van der Waals surface area contributed by atoms with Crippen LogP contribution in [0, 0.1) is 5.92 Å². The van der Waals surface area contributed by atoms with Crippen LogP contribution in [0.1, 0.15) is 36.7 Å². The predicted molar refractivity (Wildman–Crippen MR) is 85.1 cm³/mol. The fraction of sp³-hybridized carbons (Fsp3) is 0.529. The molecule has 22 heavy (non-hydrogen) atoms. The van der Waals surface area contributed by atoms with Gasteiger partial charge in [-0.3, -0.25) is 4.79 Å². The maximum atomic E-state index is 12.3. The van der Waals surface area contributed by atoms with Crippen molar-refractivity contribution in [3.63, 3.8) is 0 Å². The van der Waals surface area contributed by atoms with Gasteiger partial charge in [0.25, 0.3) is 0 Å². The largest absolute Gasteiger partial charge is 0.496 e. The van der Waals surface area contributed by atoms with E-state index >= 15 is 0 Å². The number of carbonyl (C=O) groups is 2. The molecule has 1 aromatic carbocycles. The van der Waals surface area contributed by atoms with Gasteiger partial charge in [-0.15, -0.1) is 0 Å². The highest BCUT2D eigenvalue weighted by molar-refractivity contribution is 5.92. The molecule has 0 saturated carbocycles. The van der Waals surface area contributed by atoms with Crippen LogP contribution in [-0.4, -0.2) is 44.1 Å². The van der Waals surface area contributed by atoms with E-state index in [-0.39, 0.29) is 11.8 Å². The van der Waals surface area contributed by atoms with Crippen LogP contribution in [0.25, 0.3) is 0 Å². The minimum atomic E-state index is -0.435. The van der Waals surface area contributed by atoms with E-state index in [1.807, 2.05) is 31.7 Å². The van der Waals surface area contributed by atoms with Gasteiger partial charge in [-0.1, -0.05) is 13.0 Å². The highest BCUT2D eigenvalue weighted by Gasteiger charge is 2.20. The summed E-state index contributed by atoms with van der Waals surface area (Å²) in [6, 6.07) is 5.30. The summed E-state index contributed by atoms with van der Waals surface area (Å²) in [5.41, 5.74) is 1.34. The molecule has 1 aromatic rings. The van der Waals surface area contributed by atoms with E-state index in [9.17, 15) is 9.59 Å². The molecule has 0 aromatic heterocycles. The smallest absolute Gasteiger partial charge is 0.341 e. The molecular weight excluding hydrogens is 282 g/mol. The maximum Gasteiger partial charge on any atom is 0.341 e. The molecule has 0 aliphatic rings. The number of rotatable bonds is 7. The first-order valence-corrected chi connectivity index (χ1v) is 7.52. The van der Waals surface area contributed by atoms with Crippen LogP contribution in [0.5, 0.6) is 5.75 Å². The van der Waals surface area contributed by atoms with E-state index in [1.54, 1.807) is 12.1 Å². The summed E-state index contributed by atoms with van der Waals surface area (Å²) in [5, 5.41) is 0. The van der Waals surface area contributed by atoms with Gasteiger partial charge in [-0.2, -0.15) is 0 Å². The number of hydrogen-bond donors (Lipinski definition) is 0. The van der Waals surface area contributed by atoms with Crippen molar-refractivity contribution in [3.05, 3.63) is 29.3 Å². The molecule has 0 aliphatic carbocycles. The van der Waals surface area contributed by atoms with Crippen LogP contribution in [0.15, 0.2) is 18.2 Å². The molecule has 0 heterocycles. The van der Waals surface area contributed by atoms with Crippen molar-refractivity contribution >= 4 is 11.9 Å². The standard InChI is InChI=1S/C17H25NO4/c1-6-18(7-2)16(19)12(3)10-13-8-9-14(17(20)22-5)15(11-13)21-4/h8-9,11-12H,6-7,10H2,1-5H3. The molecule has 122 valence electrons. The SMILES string of the molecule is CCN(CC)C(=O)C(C)Cc1ccc(C(=O)OC)c(OC)c1. The van der Waals surface area contributed by atoms with Gasteiger partial charge in [0.15, 0.2) is 0 Å². The Balaban J connectivity index is 2.90. The molecule has 0 bridgehead atoms. The molecule has 1 amide bonds. The molecule has 1 atom stereocenters. The monoisotopic (exact) mass is 307 g/mol. The second-order valence-corrected chi connectivity index (χ2v) is 5.14. The van der Waals surface area contributed by atoms with Gasteiger partial charge in [-0.05, 0) is 38.0 Å². The van der Waals surface area contributed by atoms with Crippen molar-refractivity contribution in [2.45, 2.75) is 27.2 Å². The van der Waals surface area contributed by atoms with Crippen LogP contribution >= 0.6 is 0 Å². The third-order valence-corrected chi connectivity index (χ3v) is 3.71. The fourth-order valence-electron chi connectivity index (χ4n) is 2.43.